The van der Waals surface area contributed by atoms with Crippen molar-refractivity contribution in [2.75, 3.05) is 26.4 Å². The number of esters is 1. The van der Waals surface area contributed by atoms with E-state index in [1.165, 1.54) is 7.11 Å². The Labute approximate surface area is 286 Å². The van der Waals surface area contributed by atoms with Gasteiger partial charge in [-0.25, -0.2) is 9.79 Å². The second kappa shape index (κ2) is 16.2. The van der Waals surface area contributed by atoms with E-state index in [1.807, 2.05) is 91.0 Å². The molecule has 10 nitrogen and oxygen atoms in total. The molecule has 12 heteroatoms. The first-order valence-electron chi connectivity index (χ1n) is 16.1. The predicted molar refractivity (Wildman–Crippen MR) is 190 cm³/mol. The van der Waals surface area contributed by atoms with Gasteiger partial charge in [-0.1, -0.05) is 103 Å². The molecule has 1 saturated heterocycles. The molecule has 2 N–H and O–H groups in total. The maximum absolute atomic E-state index is 13.8. The van der Waals surface area contributed by atoms with Crippen molar-refractivity contribution in [2.45, 2.75) is 56.8 Å². The first kappa shape index (κ1) is 35.0. The van der Waals surface area contributed by atoms with E-state index in [0.717, 1.165) is 16.2 Å². The van der Waals surface area contributed by atoms with Gasteiger partial charge < -0.3 is 25.0 Å². The van der Waals surface area contributed by atoms with Crippen molar-refractivity contribution in [2.24, 2.45) is 4.99 Å². The van der Waals surface area contributed by atoms with Crippen molar-refractivity contribution in [1.29, 1.82) is 0 Å². The number of methoxy groups -OCH3 is 1. The summed E-state index contributed by atoms with van der Waals surface area (Å²) >= 11 is 6.33. The van der Waals surface area contributed by atoms with Crippen LogP contribution in [0.2, 0.25) is 0 Å². The smallest absolute Gasteiger partial charge is 0.334 e. The molecule has 3 aromatic carbocycles. The summed E-state index contributed by atoms with van der Waals surface area (Å²) < 4.78 is 10.3. The highest BCUT2D eigenvalue weighted by Gasteiger charge is 2.37. The number of rotatable bonds is 13. The van der Waals surface area contributed by atoms with E-state index in [-0.39, 0.29) is 37.2 Å². The second-order valence-electron chi connectivity index (χ2n) is 11.9. The van der Waals surface area contributed by atoms with Gasteiger partial charge in [0.15, 0.2) is 6.04 Å². The number of benzene rings is 3. The van der Waals surface area contributed by atoms with Gasteiger partial charge in [0.2, 0.25) is 23.6 Å². The molecule has 4 atom stereocenters. The average Bonchev–Trinajstić information content (AvgIpc) is 3.82. The summed E-state index contributed by atoms with van der Waals surface area (Å²) in [5.41, 5.74) is 0.859. The molecule has 0 radical (unpaired) electrons. The molecule has 1 fully saturated rings. The van der Waals surface area contributed by atoms with Crippen LogP contribution < -0.4 is 21.2 Å². The molecule has 2 aliphatic heterocycles. The lowest BCUT2D eigenvalue weighted by Gasteiger charge is -2.28. The summed E-state index contributed by atoms with van der Waals surface area (Å²) in [6.45, 7) is 2.19. The molecule has 0 unspecified atom stereocenters. The number of hydrogen-bond donors (Lipinski definition) is 2. The highest BCUT2D eigenvalue weighted by Crippen LogP contribution is 2.44. The first-order chi connectivity index (χ1) is 23.2. The molecule has 2 heterocycles. The van der Waals surface area contributed by atoms with E-state index < -0.39 is 42.1 Å². The molecule has 252 valence electrons. The van der Waals surface area contributed by atoms with Crippen molar-refractivity contribution in [1.82, 2.24) is 15.5 Å². The molecule has 0 spiro atoms. The lowest BCUT2D eigenvalue weighted by molar-refractivity contribution is -0.142. The number of nitrogens with zero attached hydrogens (tertiary/aromatic N) is 2. The largest absolute Gasteiger partial charge is 0.477 e. The minimum atomic E-state index is -2.28. The lowest BCUT2D eigenvalue weighted by Crippen LogP contribution is -2.55. The van der Waals surface area contributed by atoms with E-state index in [4.69, 9.17) is 21.3 Å². The molecule has 3 aromatic rings. The monoisotopic (exact) mass is 688 g/mol. The topological polar surface area (TPSA) is 126 Å². The quantitative estimate of drug-likeness (QED) is 0.209. The Morgan fingerprint density at radius 1 is 0.958 bits per heavy atom. The van der Waals surface area contributed by atoms with Crippen LogP contribution in [-0.2, 0) is 46.9 Å². The molecular weight excluding hydrogens is 647 g/mol. The zero-order valence-electron chi connectivity index (χ0n) is 27.1. The third kappa shape index (κ3) is 8.38. The number of nitrogens with one attached hydrogen (secondary N) is 2. The van der Waals surface area contributed by atoms with Gasteiger partial charge >= 0.3 is 5.97 Å². The Kier molecular flexibility index (Phi) is 11.8. The Morgan fingerprint density at radius 3 is 2.17 bits per heavy atom. The normalized spacial score (nSPS) is 18.6. The van der Waals surface area contributed by atoms with Crippen LogP contribution in [0.25, 0.3) is 0 Å². The molecule has 5 rings (SSSR count). The van der Waals surface area contributed by atoms with Gasteiger partial charge in [0.05, 0.1) is 7.11 Å². The van der Waals surface area contributed by atoms with Crippen LogP contribution in [-0.4, -0.2) is 85.1 Å². The van der Waals surface area contributed by atoms with Crippen molar-refractivity contribution in [3.63, 3.8) is 0 Å². The molecular formula is C36H41N4O6PS. The number of carbonyl (C=O) groups excluding carboxylic acids is 4. The minimum Gasteiger partial charge on any atom is -0.477 e. The maximum Gasteiger partial charge on any atom is 0.334 e. The zero-order valence-corrected chi connectivity index (χ0v) is 28.8. The highest BCUT2D eigenvalue weighted by atomic mass is 32.4. The fraction of sp³-hybridized carbons (Fsp3) is 0.361. The van der Waals surface area contributed by atoms with Gasteiger partial charge in [-0.05, 0) is 42.1 Å². The number of amides is 3. The Bertz CT molecular complexity index is 1630. The average molecular weight is 689 g/mol. The standard InChI is InChI=1S/C36H41N4O6PS/c1-25(35-39-30(24-46-35)36(44)45-2)37-33(42)29(23-26-13-6-3-7-14-26)38-34(43)31-19-12-21-40(31)32(41)20-22-47(48,27-15-8-4-9-16-27)28-17-10-5-11-18-28/h3-11,13-18,25,29-31H,12,19-24H2,1-2H3,(H,37,42)(H,38,43)/t25-,29+,30+,31-/m0/s1. The molecule has 0 aliphatic carbocycles. The van der Waals surface area contributed by atoms with Gasteiger partial charge in [-0.3, -0.25) is 14.4 Å². The summed E-state index contributed by atoms with van der Waals surface area (Å²) in [4.78, 5) is 58.9. The molecule has 0 bridgehead atoms. The van der Waals surface area contributed by atoms with Crippen molar-refractivity contribution < 1.29 is 28.7 Å². The van der Waals surface area contributed by atoms with Crippen LogP contribution in [0.4, 0.5) is 0 Å². The third-order valence-electron chi connectivity index (χ3n) is 8.65. The Balaban J connectivity index is 1.27. The predicted octanol–water partition coefficient (Wildman–Crippen LogP) is 2.70. The van der Waals surface area contributed by atoms with Gasteiger partial charge in [0, 0.05) is 25.4 Å². The summed E-state index contributed by atoms with van der Waals surface area (Å²) in [5, 5.41) is 7.90. The second-order valence-corrected chi connectivity index (χ2v) is 16.8. The third-order valence-corrected chi connectivity index (χ3v) is 13.6. The Hall–Kier alpha value is -4.34. The van der Waals surface area contributed by atoms with Gasteiger partial charge in [-0.15, -0.1) is 0 Å². The van der Waals surface area contributed by atoms with Crippen molar-refractivity contribution >= 4 is 58.0 Å². The zero-order chi connectivity index (χ0) is 34.1. The summed E-state index contributed by atoms with van der Waals surface area (Å²) in [6, 6.07) is 24.0. The lowest BCUT2D eigenvalue weighted by atomic mass is 10.0. The van der Waals surface area contributed by atoms with Crippen molar-refractivity contribution in [3.8, 4) is 0 Å². The minimum absolute atomic E-state index is 0.0310. The number of hydrogen-bond acceptors (Lipinski definition) is 8. The van der Waals surface area contributed by atoms with Crippen LogP contribution >= 0.6 is 6.04 Å². The molecule has 3 amide bonds. The van der Waals surface area contributed by atoms with Crippen molar-refractivity contribution in [3.05, 3.63) is 96.6 Å². The number of aliphatic imine (C=N–C) groups is 1. The molecule has 0 saturated carbocycles. The summed E-state index contributed by atoms with van der Waals surface area (Å²) in [7, 11) is 1.28. The summed E-state index contributed by atoms with van der Waals surface area (Å²) in [5.74, 6) is -1.25. The highest BCUT2D eigenvalue weighted by molar-refractivity contribution is 8.21. The van der Waals surface area contributed by atoms with Gasteiger partial charge in [-0.2, -0.15) is 0 Å². The van der Waals surface area contributed by atoms with Crippen LogP contribution in [0.1, 0.15) is 31.7 Å². The van der Waals surface area contributed by atoms with Crippen LogP contribution in [0.15, 0.2) is 96.0 Å². The molecule has 0 aromatic heterocycles. The number of carbonyl (C=O) groups is 4. The fourth-order valence-electron chi connectivity index (χ4n) is 6.07. The van der Waals surface area contributed by atoms with E-state index in [2.05, 4.69) is 15.6 Å². The van der Waals surface area contributed by atoms with Gasteiger partial charge in [0.1, 0.15) is 24.7 Å². The first-order valence-corrected chi connectivity index (χ1v) is 19.1. The van der Waals surface area contributed by atoms with E-state index in [1.54, 1.807) is 11.8 Å². The van der Waals surface area contributed by atoms with Crippen LogP contribution in [0.3, 0.4) is 0 Å². The Morgan fingerprint density at radius 2 is 1.56 bits per heavy atom. The maximum atomic E-state index is 13.8. The molecule has 2 aliphatic rings. The van der Waals surface area contributed by atoms with E-state index in [9.17, 15) is 19.2 Å². The van der Waals surface area contributed by atoms with Crippen LogP contribution in [0.5, 0.6) is 0 Å². The fourth-order valence-corrected chi connectivity index (χ4v) is 9.70. The SMILES string of the molecule is COC(=O)[C@H]1COC([C@H](C)NC(=O)[C@@H](Cc2ccccc2)NC(=O)[C@@H]2CCCN2C(=O)CCP(=S)(c2ccccc2)c2ccccc2)=N1. The van der Waals surface area contributed by atoms with E-state index in [0.29, 0.717) is 25.5 Å². The summed E-state index contributed by atoms with van der Waals surface area (Å²) in [6.07, 6.45) is 2.13. The van der Waals surface area contributed by atoms with Gasteiger partial charge in [0.25, 0.3) is 0 Å². The van der Waals surface area contributed by atoms with Crippen LogP contribution in [0, 0.1) is 0 Å². The van der Waals surface area contributed by atoms with E-state index >= 15 is 0 Å². The number of ether oxygens (including phenoxy) is 2. The molecule has 48 heavy (non-hydrogen) atoms. The number of likely N-dealkylation sites (tertiary alicyclic amines) is 1.